The van der Waals surface area contributed by atoms with Gasteiger partial charge in [-0.15, -0.1) is 0 Å². The number of nitrogens with one attached hydrogen (secondary N) is 2. The molecule has 2 aromatic rings. The lowest BCUT2D eigenvalue weighted by Gasteiger charge is -2.13. The van der Waals surface area contributed by atoms with Crippen molar-refractivity contribution in [1.82, 2.24) is 5.32 Å². The van der Waals surface area contributed by atoms with Gasteiger partial charge in [0.2, 0.25) is 0 Å². The first-order valence-corrected chi connectivity index (χ1v) is 7.81. The zero-order valence-corrected chi connectivity index (χ0v) is 13.8. The molecule has 5 nitrogen and oxygen atoms in total. The Morgan fingerprint density at radius 1 is 1.04 bits per heavy atom. The van der Waals surface area contributed by atoms with E-state index in [9.17, 15) is 9.18 Å². The largest absolute Gasteiger partial charge is 0.490 e. The van der Waals surface area contributed by atoms with Gasteiger partial charge in [-0.3, -0.25) is 0 Å². The molecule has 2 amide bonds. The fourth-order valence-corrected chi connectivity index (χ4v) is 2.13. The Morgan fingerprint density at radius 2 is 1.79 bits per heavy atom. The topological polar surface area (TPSA) is 59.6 Å². The third-order valence-electron chi connectivity index (χ3n) is 3.14. The Bertz CT molecular complexity index is 692. The number of anilines is 1. The number of halogens is 1. The van der Waals surface area contributed by atoms with Gasteiger partial charge in [-0.05, 0) is 43.7 Å². The van der Waals surface area contributed by atoms with Crippen LogP contribution in [0.3, 0.4) is 0 Å². The van der Waals surface area contributed by atoms with E-state index in [4.69, 9.17) is 9.47 Å². The number of urea groups is 1. The smallest absolute Gasteiger partial charge is 0.319 e. The Hall–Kier alpha value is -2.76. The molecule has 6 heteroatoms. The van der Waals surface area contributed by atoms with Crippen molar-refractivity contribution in [3.05, 3.63) is 53.8 Å². The molecule has 0 spiro atoms. The first kappa shape index (κ1) is 17.6. The van der Waals surface area contributed by atoms with Crippen molar-refractivity contribution >= 4 is 11.7 Å². The van der Waals surface area contributed by atoms with Gasteiger partial charge in [-0.25, -0.2) is 9.18 Å². The lowest BCUT2D eigenvalue weighted by Crippen LogP contribution is -2.28. The van der Waals surface area contributed by atoms with Crippen LogP contribution in [0.5, 0.6) is 11.5 Å². The minimum Gasteiger partial charge on any atom is -0.490 e. The molecule has 24 heavy (non-hydrogen) atoms. The summed E-state index contributed by atoms with van der Waals surface area (Å²) < 4.78 is 24.1. The van der Waals surface area contributed by atoms with Crippen molar-refractivity contribution in [1.29, 1.82) is 0 Å². The molecule has 0 bridgehead atoms. The van der Waals surface area contributed by atoms with Crippen molar-refractivity contribution in [2.24, 2.45) is 0 Å². The minimum atomic E-state index is -0.383. The van der Waals surface area contributed by atoms with Gasteiger partial charge in [0.05, 0.1) is 13.2 Å². The van der Waals surface area contributed by atoms with E-state index in [2.05, 4.69) is 10.6 Å². The second-order valence-corrected chi connectivity index (χ2v) is 4.97. The molecule has 0 unspecified atom stereocenters. The number of carbonyl (C=O) groups is 1. The van der Waals surface area contributed by atoms with E-state index < -0.39 is 0 Å². The maximum absolute atomic E-state index is 13.1. The maximum atomic E-state index is 13.1. The molecule has 0 saturated heterocycles. The van der Waals surface area contributed by atoms with Crippen LogP contribution in [0.1, 0.15) is 19.4 Å². The van der Waals surface area contributed by atoms with Crippen LogP contribution in [0, 0.1) is 5.82 Å². The predicted octanol–water partition coefficient (Wildman–Crippen LogP) is 3.94. The summed E-state index contributed by atoms with van der Waals surface area (Å²) in [7, 11) is 0. The Balaban J connectivity index is 1.96. The van der Waals surface area contributed by atoms with Gasteiger partial charge in [0.15, 0.2) is 11.5 Å². The highest BCUT2D eigenvalue weighted by Gasteiger charge is 2.08. The highest BCUT2D eigenvalue weighted by atomic mass is 19.1. The summed E-state index contributed by atoms with van der Waals surface area (Å²) in [6.45, 7) is 5.03. The van der Waals surface area contributed by atoms with Crippen LogP contribution in [0.4, 0.5) is 14.9 Å². The van der Waals surface area contributed by atoms with Crippen LogP contribution < -0.4 is 20.1 Å². The van der Waals surface area contributed by atoms with Crippen molar-refractivity contribution in [2.45, 2.75) is 20.4 Å². The fourth-order valence-electron chi connectivity index (χ4n) is 2.13. The zero-order chi connectivity index (χ0) is 17.4. The highest BCUT2D eigenvalue weighted by Crippen LogP contribution is 2.30. The average molecular weight is 332 g/mol. The maximum Gasteiger partial charge on any atom is 0.319 e. The second-order valence-electron chi connectivity index (χ2n) is 4.97. The average Bonchev–Trinajstić information content (AvgIpc) is 2.56. The molecular formula is C18H21FN2O3. The summed E-state index contributed by atoms with van der Waals surface area (Å²) in [6.07, 6.45) is 0. The van der Waals surface area contributed by atoms with Gasteiger partial charge < -0.3 is 20.1 Å². The third-order valence-corrected chi connectivity index (χ3v) is 3.14. The van der Waals surface area contributed by atoms with Crippen LogP contribution in [0.15, 0.2) is 42.5 Å². The first-order chi connectivity index (χ1) is 11.6. The molecule has 2 N–H and O–H groups in total. The molecule has 0 aliphatic carbocycles. The molecule has 0 aliphatic rings. The Kier molecular flexibility index (Phi) is 6.42. The molecule has 0 heterocycles. The van der Waals surface area contributed by atoms with Crippen LogP contribution in [-0.4, -0.2) is 19.2 Å². The number of amides is 2. The van der Waals surface area contributed by atoms with Crippen molar-refractivity contribution in [3.8, 4) is 11.5 Å². The molecular weight excluding hydrogens is 311 g/mol. The quantitative estimate of drug-likeness (QED) is 0.807. The molecule has 0 aromatic heterocycles. The summed E-state index contributed by atoms with van der Waals surface area (Å²) in [4.78, 5) is 12.0. The standard InChI is InChI=1S/C18H21FN2O3/c1-3-23-16-9-8-15(11-17(16)24-4-2)21-18(22)20-12-13-6-5-7-14(19)10-13/h5-11H,3-4,12H2,1-2H3,(H2,20,21,22). The van der Waals surface area contributed by atoms with E-state index in [1.54, 1.807) is 30.3 Å². The van der Waals surface area contributed by atoms with E-state index in [0.29, 0.717) is 36.0 Å². The molecule has 0 aliphatic heterocycles. The van der Waals surface area contributed by atoms with E-state index in [-0.39, 0.29) is 18.4 Å². The number of hydrogen-bond donors (Lipinski definition) is 2. The first-order valence-electron chi connectivity index (χ1n) is 7.81. The second kappa shape index (κ2) is 8.76. The number of ether oxygens (including phenoxy) is 2. The highest BCUT2D eigenvalue weighted by molar-refractivity contribution is 5.89. The van der Waals surface area contributed by atoms with E-state index in [1.165, 1.54) is 12.1 Å². The number of rotatable bonds is 7. The monoisotopic (exact) mass is 332 g/mol. The summed E-state index contributed by atoms with van der Waals surface area (Å²) >= 11 is 0. The number of carbonyl (C=O) groups excluding carboxylic acids is 1. The van der Waals surface area contributed by atoms with Crippen molar-refractivity contribution in [3.63, 3.8) is 0 Å². The molecule has 0 atom stereocenters. The Labute approximate surface area is 140 Å². The van der Waals surface area contributed by atoms with Gasteiger partial charge in [0.25, 0.3) is 0 Å². The summed E-state index contributed by atoms with van der Waals surface area (Å²) in [5.74, 6) is 0.870. The lowest BCUT2D eigenvalue weighted by atomic mass is 10.2. The van der Waals surface area contributed by atoms with Crippen molar-refractivity contribution < 1.29 is 18.7 Å². The van der Waals surface area contributed by atoms with Crippen LogP contribution >= 0.6 is 0 Å². The van der Waals surface area contributed by atoms with Crippen LogP contribution in [0.25, 0.3) is 0 Å². The summed E-state index contributed by atoms with van der Waals surface area (Å²) in [6, 6.07) is 10.9. The molecule has 0 fully saturated rings. The summed E-state index contributed by atoms with van der Waals surface area (Å²) in [5, 5.41) is 5.39. The minimum absolute atomic E-state index is 0.235. The number of benzene rings is 2. The normalized spacial score (nSPS) is 10.1. The lowest BCUT2D eigenvalue weighted by molar-refractivity contribution is 0.251. The van der Waals surface area contributed by atoms with E-state index >= 15 is 0 Å². The zero-order valence-electron chi connectivity index (χ0n) is 13.8. The Morgan fingerprint density at radius 3 is 2.50 bits per heavy atom. The molecule has 2 rings (SSSR count). The molecule has 2 aromatic carbocycles. The van der Waals surface area contributed by atoms with Crippen LogP contribution in [-0.2, 0) is 6.54 Å². The third kappa shape index (κ3) is 5.15. The fraction of sp³-hybridized carbons (Fsp3) is 0.278. The summed E-state index contributed by atoms with van der Waals surface area (Å²) in [5.41, 5.74) is 1.27. The SMILES string of the molecule is CCOc1ccc(NC(=O)NCc2cccc(F)c2)cc1OCC. The van der Waals surface area contributed by atoms with Gasteiger partial charge in [0, 0.05) is 18.3 Å². The van der Waals surface area contributed by atoms with Gasteiger partial charge >= 0.3 is 6.03 Å². The van der Waals surface area contributed by atoms with Gasteiger partial charge in [-0.1, -0.05) is 12.1 Å². The van der Waals surface area contributed by atoms with Gasteiger partial charge in [0.1, 0.15) is 5.82 Å². The molecule has 0 saturated carbocycles. The molecule has 0 radical (unpaired) electrons. The molecule has 128 valence electrons. The van der Waals surface area contributed by atoms with E-state index in [1.807, 2.05) is 13.8 Å². The predicted molar refractivity (Wildman–Crippen MR) is 91.0 cm³/mol. The van der Waals surface area contributed by atoms with Crippen LogP contribution in [0.2, 0.25) is 0 Å². The van der Waals surface area contributed by atoms with Crippen molar-refractivity contribution in [2.75, 3.05) is 18.5 Å². The van der Waals surface area contributed by atoms with E-state index in [0.717, 1.165) is 0 Å². The number of hydrogen-bond acceptors (Lipinski definition) is 3. The van der Waals surface area contributed by atoms with Gasteiger partial charge in [-0.2, -0.15) is 0 Å².